The Morgan fingerprint density at radius 2 is 1.20 bits per heavy atom. The van der Waals surface area contributed by atoms with Gasteiger partial charge in [0.05, 0.1) is 0 Å². The molecule has 20 heavy (non-hydrogen) atoms. The van der Waals surface area contributed by atoms with Crippen LogP contribution in [0.2, 0.25) is 0 Å². The minimum absolute atomic E-state index is 0.178. The van der Waals surface area contributed by atoms with Crippen LogP contribution >= 0.6 is 23.2 Å². The van der Waals surface area contributed by atoms with Gasteiger partial charge in [0, 0.05) is 12.1 Å². The summed E-state index contributed by atoms with van der Waals surface area (Å²) in [6.07, 6.45) is 0. The molecule has 0 unspecified atom stereocenters. The topological polar surface area (TPSA) is 103 Å². The van der Waals surface area contributed by atoms with Crippen molar-refractivity contribution >= 4 is 44.7 Å². The van der Waals surface area contributed by atoms with E-state index in [-0.39, 0.29) is 22.4 Å². The van der Waals surface area contributed by atoms with E-state index in [0.717, 1.165) is 21.2 Å². The van der Waals surface area contributed by atoms with E-state index in [0.29, 0.717) is 0 Å². The van der Waals surface area contributed by atoms with Crippen molar-refractivity contribution in [1.82, 2.24) is 19.2 Å². The molecule has 8 nitrogen and oxygen atoms in total. The second-order valence-electron chi connectivity index (χ2n) is 3.81. The molecule has 3 aromatic heterocycles. The number of hydrogen-bond donors (Lipinski definition) is 0. The minimum Gasteiger partial charge on any atom is -0.274 e. The first kappa shape index (κ1) is 12.7. The van der Waals surface area contributed by atoms with Crippen molar-refractivity contribution in [2.24, 2.45) is 0 Å². The summed E-state index contributed by atoms with van der Waals surface area (Å²) in [6, 6.07) is 2.14. The van der Waals surface area contributed by atoms with E-state index >= 15 is 0 Å². The average Bonchev–Trinajstić information content (AvgIpc) is 3.00. The zero-order valence-corrected chi connectivity index (χ0v) is 10.8. The van der Waals surface area contributed by atoms with E-state index < -0.39 is 21.6 Å². The highest BCUT2D eigenvalue weighted by Gasteiger charge is 2.19. The molecule has 0 fully saturated rings. The Hall–Kier alpha value is -2.32. The number of fused-ring (bicyclic) bond motifs is 2. The van der Waals surface area contributed by atoms with Crippen LogP contribution in [0.5, 0.6) is 0 Å². The molecule has 0 saturated heterocycles. The Labute approximate surface area is 118 Å². The number of aromatic nitrogens is 4. The number of hydrogen-bond acceptors (Lipinski definition) is 6. The molecule has 3 aromatic rings. The first-order valence-electron chi connectivity index (χ1n) is 5.09. The third-order valence-electron chi connectivity index (χ3n) is 2.64. The van der Waals surface area contributed by atoms with Gasteiger partial charge in [0.2, 0.25) is 0 Å². The molecule has 3 rings (SSSR count). The second kappa shape index (κ2) is 4.09. The predicted molar refractivity (Wildman–Crippen MR) is 68.0 cm³/mol. The molecule has 0 aromatic carbocycles. The van der Waals surface area contributed by atoms with Gasteiger partial charge in [-0.25, -0.2) is 0 Å². The summed E-state index contributed by atoms with van der Waals surface area (Å²) < 4.78 is 1.47. The van der Waals surface area contributed by atoms with Crippen molar-refractivity contribution in [2.75, 3.05) is 0 Å². The lowest BCUT2D eigenvalue weighted by Crippen LogP contribution is -2.26. The lowest BCUT2D eigenvalue weighted by Gasteiger charge is -1.92. The first-order valence-corrected chi connectivity index (χ1v) is 5.85. The van der Waals surface area contributed by atoms with E-state index in [2.05, 4.69) is 10.2 Å². The molecule has 0 aliphatic carbocycles. The van der Waals surface area contributed by atoms with Gasteiger partial charge in [0.15, 0.2) is 0 Å². The molecule has 0 N–H and O–H groups in total. The van der Waals surface area contributed by atoms with Gasteiger partial charge in [-0.1, -0.05) is 0 Å². The third kappa shape index (κ3) is 1.62. The van der Waals surface area contributed by atoms with Crippen LogP contribution in [0.4, 0.5) is 0 Å². The average molecular weight is 313 g/mol. The number of carbonyl (C=O) groups is 2. The molecule has 0 amide bonds. The van der Waals surface area contributed by atoms with Crippen molar-refractivity contribution in [2.45, 2.75) is 0 Å². The van der Waals surface area contributed by atoms with Crippen molar-refractivity contribution in [1.29, 1.82) is 0 Å². The standard InChI is InChI=1S/C10H2Cl2N4O4/c11-7(17)3-1-5-9(19)16-6(10(20)15(5)13-3)2-4(14-16)8(12)18/h1-2H. The Bertz CT molecular complexity index is 865. The van der Waals surface area contributed by atoms with E-state index in [1.807, 2.05) is 0 Å². The molecule has 10 heteroatoms. The molecular formula is C10H2Cl2N4O4. The highest BCUT2D eigenvalue weighted by atomic mass is 35.5. The molecule has 0 radical (unpaired) electrons. The summed E-state index contributed by atoms with van der Waals surface area (Å²) in [5, 5.41) is 5.48. The van der Waals surface area contributed by atoms with Crippen LogP contribution in [0.1, 0.15) is 21.0 Å². The molecule has 0 bridgehead atoms. The highest BCUT2D eigenvalue weighted by Crippen LogP contribution is 2.07. The maximum Gasteiger partial charge on any atom is 0.297 e. The zero-order chi connectivity index (χ0) is 14.6. The largest absolute Gasteiger partial charge is 0.297 e. The first-order chi connectivity index (χ1) is 9.40. The van der Waals surface area contributed by atoms with Gasteiger partial charge in [0.25, 0.3) is 21.6 Å². The van der Waals surface area contributed by atoms with Gasteiger partial charge in [-0.3, -0.25) is 19.2 Å². The number of rotatable bonds is 2. The van der Waals surface area contributed by atoms with Crippen LogP contribution in [-0.2, 0) is 0 Å². The maximum atomic E-state index is 12.1. The van der Waals surface area contributed by atoms with Crippen LogP contribution in [-0.4, -0.2) is 29.7 Å². The molecule has 0 aliphatic heterocycles. The lowest BCUT2D eigenvalue weighted by atomic mass is 10.4. The smallest absolute Gasteiger partial charge is 0.274 e. The third-order valence-corrected chi connectivity index (χ3v) is 3.03. The number of halogens is 2. The van der Waals surface area contributed by atoms with Gasteiger partial charge >= 0.3 is 0 Å². The Morgan fingerprint density at radius 3 is 1.50 bits per heavy atom. The molecule has 3 heterocycles. The lowest BCUT2D eigenvalue weighted by molar-refractivity contribution is 0.106. The quantitative estimate of drug-likeness (QED) is 0.612. The van der Waals surface area contributed by atoms with E-state index in [1.54, 1.807) is 0 Å². The fourth-order valence-electron chi connectivity index (χ4n) is 1.79. The monoisotopic (exact) mass is 312 g/mol. The molecule has 100 valence electrons. The Kier molecular flexibility index (Phi) is 2.59. The van der Waals surface area contributed by atoms with Crippen LogP contribution in [0, 0.1) is 0 Å². The summed E-state index contributed by atoms with van der Waals surface area (Å²) in [4.78, 5) is 46.2. The normalized spacial score (nSPS) is 11.3. The van der Waals surface area contributed by atoms with Crippen LogP contribution in [0.15, 0.2) is 21.7 Å². The summed E-state index contributed by atoms with van der Waals surface area (Å²) in [5.41, 5.74) is -2.27. The van der Waals surface area contributed by atoms with Gasteiger partial charge in [-0.05, 0) is 23.2 Å². The van der Waals surface area contributed by atoms with Crippen molar-refractivity contribution in [3.8, 4) is 0 Å². The fraction of sp³-hybridized carbons (Fsp3) is 0. The van der Waals surface area contributed by atoms with Gasteiger partial charge in [-0.2, -0.15) is 19.2 Å². The molecule has 0 spiro atoms. The molecule has 0 atom stereocenters. The zero-order valence-electron chi connectivity index (χ0n) is 9.33. The van der Waals surface area contributed by atoms with Gasteiger partial charge in [-0.15, -0.1) is 0 Å². The molecular weight excluding hydrogens is 311 g/mol. The number of carbonyl (C=O) groups excluding carboxylic acids is 2. The number of nitrogens with zero attached hydrogens (tertiary/aromatic N) is 4. The Morgan fingerprint density at radius 1 is 0.850 bits per heavy atom. The molecule has 0 saturated carbocycles. The second-order valence-corrected chi connectivity index (χ2v) is 4.50. The van der Waals surface area contributed by atoms with Gasteiger partial charge < -0.3 is 0 Å². The van der Waals surface area contributed by atoms with Crippen molar-refractivity contribution in [3.63, 3.8) is 0 Å². The van der Waals surface area contributed by atoms with Gasteiger partial charge in [0.1, 0.15) is 22.4 Å². The summed E-state index contributed by atoms with van der Waals surface area (Å²) >= 11 is 10.5. The fourth-order valence-corrected chi connectivity index (χ4v) is 1.97. The van der Waals surface area contributed by atoms with Crippen LogP contribution < -0.4 is 11.1 Å². The summed E-state index contributed by atoms with van der Waals surface area (Å²) in [7, 11) is 0. The maximum absolute atomic E-state index is 12.1. The van der Waals surface area contributed by atoms with E-state index in [9.17, 15) is 19.2 Å². The SMILES string of the molecule is O=C(Cl)c1cc2c(=O)n3nc(C(=O)Cl)cc3c(=O)n2n1. The molecule has 0 aliphatic rings. The predicted octanol–water partition coefficient (Wildman–Crippen LogP) is -0.102. The summed E-state index contributed by atoms with van der Waals surface area (Å²) in [6.45, 7) is 0. The van der Waals surface area contributed by atoms with E-state index in [1.165, 1.54) is 0 Å². The van der Waals surface area contributed by atoms with Crippen molar-refractivity contribution in [3.05, 3.63) is 44.2 Å². The van der Waals surface area contributed by atoms with Crippen molar-refractivity contribution < 1.29 is 9.59 Å². The van der Waals surface area contributed by atoms with E-state index in [4.69, 9.17) is 23.2 Å². The summed E-state index contributed by atoms with van der Waals surface area (Å²) in [5.74, 6) is 0. The minimum atomic E-state index is -0.901. The Balaban J connectivity index is 2.52. The van der Waals surface area contributed by atoms with Crippen LogP contribution in [0.3, 0.4) is 0 Å². The van der Waals surface area contributed by atoms with Crippen LogP contribution in [0.25, 0.3) is 11.0 Å². The highest BCUT2D eigenvalue weighted by molar-refractivity contribution is 6.67.